The molecule has 0 radical (unpaired) electrons. The zero-order valence-corrected chi connectivity index (χ0v) is 15.9. The van der Waals surface area contributed by atoms with E-state index in [1.807, 2.05) is 35.0 Å². The number of nitrogens with zero attached hydrogens (tertiary/aromatic N) is 2. The van der Waals surface area contributed by atoms with Crippen molar-refractivity contribution in [3.05, 3.63) is 63.4 Å². The summed E-state index contributed by atoms with van der Waals surface area (Å²) in [5, 5.41) is 0. The molecule has 2 heterocycles. The van der Waals surface area contributed by atoms with E-state index in [1.165, 1.54) is 0 Å². The number of halogens is 2. The number of nitrogens with one attached hydrogen (secondary N) is 1. The Hall–Kier alpha value is -1.22. The summed E-state index contributed by atoms with van der Waals surface area (Å²) in [5.74, 6) is 0. The van der Waals surface area contributed by atoms with Gasteiger partial charge < -0.3 is 4.40 Å². The van der Waals surface area contributed by atoms with Crippen molar-refractivity contribution in [2.75, 3.05) is 6.54 Å². The molecule has 0 bridgehead atoms. The fourth-order valence-electron chi connectivity index (χ4n) is 2.18. The van der Waals surface area contributed by atoms with Crippen LogP contribution in [0.4, 0.5) is 0 Å². The molecule has 0 fully saturated rings. The Bertz CT molecular complexity index is 921. The van der Waals surface area contributed by atoms with E-state index >= 15 is 0 Å². The highest BCUT2D eigenvalue weighted by molar-refractivity contribution is 9.11. The van der Waals surface area contributed by atoms with Gasteiger partial charge in [-0.1, -0.05) is 22.0 Å². The smallest absolute Gasteiger partial charge is 0.241 e. The number of hydrogen-bond acceptors (Lipinski definition) is 3. The first-order chi connectivity index (χ1) is 11.0. The van der Waals surface area contributed by atoms with Crippen molar-refractivity contribution in [1.29, 1.82) is 0 Å². The maximum atomic E-state index is 12.4. The van der Waals surface area contributed by atoms with Gasteiger partial charge in [-0.15, -0.1) is 0 Å². The van der Waals surface area contributed by atoms with Gasteiger partial charge in [0, 0.05) is 34.3 Å². The van der Waals surface area contributed by atoms with Crippen LogP contribution in [0.2, 0.25) is 0 Å². The van der Waals surface area contributed by atoms with Crippen LogP contribution < -0.4 is 4.72 Å². The van der Waals surface area contributed by atoms with Crippen molar-refractivity contribution >= 4 is 47.5 Å². The van der Waals surface area contributed by atoms with Crippen LogP contribution in [-0.2, 0) is 16.4 Å². The summed E-state index contributed by atoms with van der Waals surface area (Å²) in [6.07, 6.45) is 4.33. The van der Waals surface area contributed by atoms with Gasteiger partial charge in [-0.2, -0.15) is 0 Å². The number of aromatic nitrogens is 2. The molecule has 0 aliphatic rings. The van der Waals surface area contributed by atoms with Gasteiger partial charge in [-0.25, -0.2) is 18.1 Å². The Labute approximate surface area is 151 Å². The lowest BCUT2D eigenvalue weighted by Crippen LogP contribution is -2.26. The van der Waals surface area contributed by atoms with E-state index in [2.05, 4.69) is 41.6 Å². The predicted molar refractivity (Wildman–Crippen MR) is 95.9 cm³/mol. The predicted octanol–water partition coefficient (Wildman–Crippen LogP) is 3.38. The second kappa shape index (κ2) is 6.72. The third-order valence-electron chi connectivity index (χ3n) is 3.27. The summed E-state index contributed by atoms with van der Waals surface area (Å²) in [6, 6.07) is 10.8. The van der Waals surface area contributed by atoms with Crippen LogP contribution in [0.3, 0.4) is 0 Å². The van der Waals surface area contributed by atoms with Gasteiger partial charge in [0.1, 0.15) is 5.65 Å². The van der Waals surface area contributed by atoms with Crippen molar-refractivity contribution < 1.29 is 8.42 Å². The van der Waals surface area contributed by atoms with Gasteiger partial charge in [-0.3, -0.25) is 0 Å². The van der Waals surface area contributed by atoms with Crippen molar-refractivity contribution in [3.63, 3.8) is 0 Å². The standard InChI is InChI=1S/C15H13Br2N3O2S/c16-11-4-5-13(17)14(9-11)23(21,22)18-7-6-12-10-20-8-2-1-3-15(20)19-12/h1-5,8-10,18H,6-7H2. The average Bonchev–Trinajstić information content (AvgIpc) is 2.92. The minimum Gasteiger partial charge on any atom is -0.307 e. The molecule has 23 heavy (non-hydrogen) atoms. The molecule has 0 aliphatic heterocycles. The Morgan fingerprint density at radius 1 is 1.17 bits per heavy atom. The second-order valence-corrected chi connectivity index (χ2v) is 8.43. The van der Waals surface area contributed by atoms with E-state index in [4.69, 9.17) is 0 Å². The molecule has 0 atom stereocenters. The van der Waals surface area contributed by atoms with E-state index in [9.17, 15) is 8.42 Å². The summed E-state index contributed by atoms with van der Waals surface area (Å²) >= 11 is 6.56. The minimum absolute atomic E-state index is 0.210. The number of benzene rings is 1. The van der Waals surface area contributed by atoms with Gasteiger partial charge in [0.25, 0.3) is 0 Å². The van der Waals surface area contributed by atoms with Crippen molar-refractivity contribution in [3.8, 4) is 0 Å². The summed E-state index contributed by atoms with van der Waals surface area (Å²) in [6.45, 7) is 0.283. The summed E-state index contributed by atoms with van der Waals surface area (Å²) in [5.41, 5.74) is 1.69. The van der Waals surface area contributed by atoms with Crippen LogP contribution in [0.25, 0.3) is 5.65 Å². The number of fused-ring (bicyclic) bond motifs is 1. The Kier molecular flexibility index (Phi) is 4.86. The van der Waals surface area contributed by atoms with E-state index in [0.717, 1.165) is 11.3 Å². The molecule has 120 valence electrons. The lowest BCUT2D eigenvalue weighted by atomic mass is 10.3. The SMILES string of the molecule is O=S(=O)(NCCc1cn2ccccc2n1)c1cc(Br)ccc1Br. The minimum atomic E-state index is -3.58. The van der Waals surface area contributed by atoms with Gasteiger partial charge in [0.2, 0.25) is 10.0 Å². The molecule has 2 aromatic heterocycles. The summed E-state index contributed by atoms with van der Waals surface area (Å²) < 4.78 is 30.5. The van der Waals surface area contributed by atoms with Gasteiger partial charge in [0.15, 0.2) is 0 Å². The Morgan fingerprint density at radius 3 is 2.78 bits per heavy atom. The molecule has 8 heteroatoms. The number of imidazole rings is 1. The molecule has 0 unspecified atom stereocenters. The third kappa shape index (κ3) is 3.82. The average molecular weight is 459 g/mol. The molecular weight excluding hydrogens is 446 g/mol. The maximum absolute atomic E-state index is 12.4. The summed E-state index contributed by atoms with van der Waals surface area (Å²) in [7, 11) is -3.58. The molecule has 1 aromatic carbocycles. The van der Waals surface area contributed by atoms with E-state index in [0.29, 0.717) is 15.4 Å². The molecule has 3 rings (SSSR count). The monoisotopic (exact) mass is 457 g/mol. The second-order valence-electron chi connectivity index (χ2n) is 4.92. The number of sulfonamides is 1. The Morgan fingerprint density at radius 2 is 2.00 bits per heavy atom. The van der Waals surface area contributed by atoms with Crippen molar-refractivity contribution in [1.82, 2.24) is 14.1 Å². The van der Waals surface area contributed by atoms with Gasteiger partial charge in [-0.05, 0) is 46.3 Å². The van der Waals surface area contributed by atoms with Crippen LogP contribution in [0.15, 0.2) is 62.6 Å². The molecule has 5 nitrogen and oxygen atoms in total. The molecule has 1 N–H and O–H groups in total. The van der Waals surface area contributed by atoms with E-state index in [1.54, 1.807) is 18.2 Å². The molecule has 3 aromatic rings. The van der Waals surface area contributed by atoms with Crippen molar-refractivity contribution in [2.45, 2.75) is 11.3 Å². The highest BCUT2D eigenvalue weighted by Gasteiger charge is 2.17. The molecule has 0 saturated carbocycles. The summed E-state index contributed by atoms with van der Waals surface area (Å²) in [4.78, 5) is 4.66. The van der Waals surface area contributed by atoms with E-state index < -0.39 is 10.0 Å². The molecule has 0 spiro atoms. The molecular formula is C15H13Br2N3O2S. The zero-order valence-electron chi connectivity index (χ0n) is 11.9. The van der Waals surface area contributed by atoms with Crippen LogP contribution in [0.1, 0.15) is 5.69 Å². The van der Waals surface area contributed by atoms with Gasteiger partial charge >= 0.3 is 0 Å². The topological polar surface area (TPSA) is 63.5 Å². The van der Waals surface area contributed by atoms with Crippen LogP contribution in [0.5, 0.6) is 0 Å². The van der Waals surface area contributed by atoms with Gasteiger partial charge in [0.05, 0.1) is 10.6 Å². The lowest BCUT2D eigenvalue weighted by Gasteiger charge is -2.08. The number of rotatable bonds is 5. The molecule has 0 saturated heterocycles. The lowest BCUT2D eigenvalue weighted by molar-refractivity contribution is 0.581. The fourth-order valence-corrected chi connectivity index (χ4v) is 4.71. The first kappa shape index (κ1) is 16.6. The molecule has 0 aliphatic carbocycles. The van der Waals surface area contributed by atoms with Crippen LogP contribution in [0, 0.1) is 0 Å². The van der Waals surface area contributed by atoms with Crippen LogP contribution in [-0.4, -0.2) is 24.3 Å². The Balaban J connectivity index is 1.71. The largest absolute Gasteiger partial charge is 0.307 e. The highest BCUT2D eigenvalue weighted by Crippen LogP contribution is 2.25. The quantitative estimate of drug-likeness (QED) is 0.637. The first-order valence-corrected chi connectivity index (χ1v) is 9.90. The number of pyridine rings is 1. The van der Waals surface area contributed by atoms with E-state index in [-0.39, 0.29) is 11.4 Å². The maximum Gasteiger partial charge on any atom is 0.241 e. The number of hydrogen-bond donors (Lipinski definition) is 1. The van der Waals surface area contributed by atoms with Crippen molar-refractivity contribution in [2.24, 2.45) is 0 Å². The normalized spacial score (nSPS) is 11.9. The fraction of sp³-hybridized carbons (Fsp3) is 0.133. The molecule has 0 amide bonds. The van der Waals surface area contributed by atoms with Crippen LogP contribution >= 0.6 is 31.9 Å². The zero-order chi connectivity index (χ0) is 16.4. The first-order valence-electron chi connectivity index (χ1n) is 6.83. The third-order valence-corrected chi connectivity index (χ3v) is 6.22. The highest BCUT2D eigenvalue weighted by atomic mass is 79.9.